The van der Waals surface area contributed by atoms with Gasteiger partial charge in [0.1, 0.15) is 5.82 Å². The number of fused-ring (bicyclic) bond motifs is 1. The van der Waals surface area contributed by atoms with Crippen molar-refractivity contribution in [1.29, 1.82) is 0 Å². The molecule has 9 rings (SSSR count). The van der Waals surface area contributed by atoms with E-state index in [4.69, 9.17) is 4.98 Å². The first-order valence-electron chi connectivity index (χ1n) is 18.6. The Morgan fingerprint density at radius 3 is 1.72 bits per heavy atom. The van der Waals surface area contributed by atoms with Gasteiger partial charge < -0.3 is 0 Å². The van der Waals surface area contributed by atoms with E-state index in [1.165, 1.54) is 60.9 Å². The molecule has 0 unspecified atom stereocenters. The summed E-state index contributed by atoms with van der Waals surface area (Å²) in [6, 6.07) is 59.3. The first-order chi connectivity index (χ1) is 26.2. The third kappa shape index (κ3) is 6.23. The molecule has 1 aromatic heterocycles. The number of allylic oxidation sites excluding steroid dienone is 4. The predicted octanol–water partition coefficient (Wildman–Crippen LogP) is 13.8. The van der Waals surface area contributed by atoms with Crippen molar-refractivity contribution in [3.8, 4) is 61.6 Å². The molecule has 0 saturated carbocycles. The van der Waals surface area contributed by atoms with E-state index in [-0.39, 0.29) is 0 Å². The van der Waals surface area contributed by atoms with Gasteiger partial charge in [0.15, 0.2) is 0 Å². The summed E-state index contributed by atoms with van der Waals surface area (Å²) in [5.74, 6) is 0.938. The molecular formula is C51H40N2. The average molecular weight is 681 g/mol. The summed E-state index contributed by atoms with van der Waals surface area (Å²) in [5, 5.41) is 2.49. The monoisotopic (exact) mass is 680 g/mol. The zero-order valence-corrected chi connectivity index (χ0v) is 29.9. The number of benzene rings is 7. The number of para-hydroxylation sites is 1. The molecule has 2 heteroatoms. The lowest BCUT2D eigenvalue weighted by Gasteiger charge is -2.25. The van der Waals surface area contributed by atoms with Crippen LogP contribution in [-0.2, 0) is 0 Å². The van der Waals surface area contributed by atoms with Crippen LogP contribution >= 0.6 is 0 Å². The van der Waals surface area contributed by atoms with Gasteiger partial charge in [0.25, 0.3) is 0 Å². The molecular weight excluding hydrogens is 641 g/mol. The Morgan fingerprint density at radius 1 is 0.472 bits per heavy atom. The molecule has 254 valence electrons. The van der Waals surface area contributed by atoms with E-state index >= 15 is 0 Å². The molecule has 1 heterocycles. The van der Waals surface area contributed by atoms with E-state index in [1.54, 1.807) is 0 Å². The lowest BCUT2D eigenvalue weighted by molar-refractivity contribution is 0.876. The van der Waals surface area contributed by atoms with Crippen molar-refractivity contribution in [2.24, 2.45) is 0 Å². The number of hydrogen-bond donors (Lipinski definition) is 0. The number of imidazole rings is 1. The maximum Gasteiger partial charge on any atom is 0.144 e. The summed E-state index contributed by atoms with van der Waals surface area (Å²) in [4.78, 5) is 5.00. The third-order valence-corrected chi connectivity index (χ3v) is 10.3. The average Bonchev–Trinajstić information content (AvgIpc) is 3.42. The molecule has 0 N–H and O–H groups in total. The molecule has 1 aliphatic rings. The summed E-state index contributed by atoms with van der Waals surface area (Å²) < 4.78 is 2.19. The zero-order valence-electron chi connectivity index (χ0n) is 29.9. The molecule has 0 spiro atoms. The highest BCUT2D eigenvalue weighted by molar-refractivity contribution is 6.17. The maximum absolute atomic E-state index is 5.00. The van der Waals surface area contributed by atoms with Crippen molar-refractivity contribution in [2.75, 3.05) is 0 Å². The number of aromatic nitrogens is 2. The van der Waals surface area contributed by atoms with Gasteiger partial charge in [-0.3, -0.25) is 4.57 Å². The fourth-order valence-corrected chi connectivity index (χ4v) is 7.94. The Balaban J connectivity index is 1.35. The minimum Gasteiger partial charge on any atom is -0.300 e. The van der Waals surface area contributed by atoms with Crippen LogP contribution in [0.15, 0.2) is 188 Å². The van der Waals surface area contributed by atoms with Crippen molar-refractivity contribution in [3.05, 3.63) is 199 Å². The van der Waals surface area contributed by atoms with E-state index < -0.39 is 0 Å². The lowest BCUT2D eigenvalue weighted by Crippen LogP contribution is -2.00. The first kappa shape index (κ1) is 32.4. The second-order valence-electron chi connectivity index (χ2n) is 13.8. The summed E-state index contributed by atoms with van der Waals surface area (Å²) in [6.45, 7) is 2.06. The van der Waals surface area contributed by atoms with Crippen molar-refractivity contribution in [2.45, 2.75) is 26.2 Å². The normalized spacial score (nSPS) is 12.8. The van der Waals surface area contributed by atoms with Crippen LogP contribution in [0.2, 0.25) is 0 Å². The second kappa shape index (κ2) is 14.3. The van der Waals surface area contributed by atoms with Crippen LogP contribution in [0.4, 0.5) is 0 Å². The standard InChI is InChI=1S/C51H40N2/c1-36-35-53(44-29-16-7-17-30-44)51(52-36)43-28-18-27-41(33-43)42-31-32-45-46(34-42)48(38-21-12-5-13-22-38)50(40-25-14-6-15-26-40)49(39-23-8-2-3-9-24-39)47(45)37-19-10-4-11-20-37/h4-8,10-35H,2-3,9H2,1H3. The first-order valence-corrected chi connectivity index (χ1v) is 18.6. The number of hydrogen-bond acceptors (Lipinski definition) is 1. The molecule has 0 radical (unpaired) electrons. The molecule has 7 aromatic carbocycles. The molecule has 0 fully saturated rings. The van der Waals surface area contributed by atoms with Crippen molar-refractivity contribution in [3.63, 3.8) is 0 Å². The van der Waals surface area contributed by atoms with Gasteiger partial charge >= 0.3 is 0 Å². The van der Waals surface area contributed by atoms with Crippen LogP contribution in [0.3, 0.4) is 0 Å². The molecule has 8 aromatic rings. The van der Waals surface area contributed by atoms with Crippen molar-refractivity contribution >= 4 is 16.3 Å². The third-order valence-electron chi connectivity index (χ3n) is 10.3. The van der Waals surface area contributed by atoms with Crippen LogP contribution in [0.25, 0.3) is 77.9 Å². The predicted molar refractivity (Wildman–Crippen MR) is 224 cm³/mol. The van der Waals surface area contributed by atoms with E-state index in [9.17, 15) is 0 Å². The van der Waals surface area contributed by atoms with Gasteiger partial charge in [-0.1, -0.05) is 158 Å². The van der Waals surface area contributed by atoms with Crippen LogP contribution in [-0.4, -0.2) is 9.55 Å². The molecule has 1 aliphatic carbocycles. The van der Waals surface area contributed by atoms with Gasteiger partial charge in [-0.05, 0) is 117 Å². The molecule has 0 saturated heterocycles. The second-order valence-corrected chi connectivity index (χ2v) is 13.8. The molecule has 53 heavy (non-hydrogen) atoms. The van der Waals surface area contributed by atoms with Gasteiger partial charge in [0.05, 0.1) is 5.69 Å². The van der Waals surface area contributed by atoms with Crippen LogP contribution in [0.5, 0.6) is 0 Å². The largest absolute Gasteiger partial charge is 0.300 e. The van der Waals surface area contributed by atoms with Crippen LogP contribution in [0.1, 0.15) is 30.5 Å². The van der Waals surface area contributed by atoms with Crippen molar-refractivity contribution in [1.82, 2.24) is 9.55 Å². The number of nitrogens with zero attached hydrogens (tertiary/aromatic N) is 2. The highest BCUT2D eigenvalue weighted by Gasteiger charge is 2.25. The van der Waals surface area contributed by atoms with Gasteiger partial charge in [-0.2, -0.15) is 0 Å². The quantitative estimate of drug-likeness (QED) is 0.164. The lowest BCUT2D eigenvalue weighted by atomic mass is 9.78. The number of aryl methyl sites for hydroxylation is 1. The van der Waals surface area contributed by atoms with Gasteiger partial charge in [0.2, 0.25) is 0 Å². The highest BCUT2D eigenvalue weighted by atomic mass is 15.1. The van der Waals surface area contributed by atoms with E-state index in [1.807, 2.05) is 0 Å². The Bertz CT molecular complexity index is 2610. The smallest absolute Gasteiger partial charge is 0.144 e. The summed E-state index contributed by atoms with van der Waals surface area (Å²) >= 11 is 0. The molecule has 0 amide bonds. The fraction of sp³-hybridized carbons (Fsp3) is 0.0784. The fourth-order valence-electron chi connectivity index (χ4n) is 7.94. The SMILES string of the molecule is Cc1cn(-c2ccccc2)c(-c2cccc(-c3ccc4c(-c5ccccc5)c(C5=CCCCC=C5)c(-c5ccccc5)c(-c5ccccc5)c4c3)c2)n1. The van der Waals surface area contributed by atoms with Gasteiger partial charge in [-0.15, -0.1) is 0 Å². The van der Waals surface area contributed by atoms with Gasteiger partial charge in [-0.25, -0.2) is 4.98 Å². The van der Waals surface area contributed by atoms with Crippen LogP contribution in [0, 0.1) is 6.92 Å². The zero-order chi connectivity index (χ0) is 35.6. The topological polar surface area (TPSA) is 17.8 Å². The maximum atomic E-state index is 5.00. The molecule has 2 nitrogen and oxygen atoms in total. The summed E-state index contributed by atoms with van der Waals surface area (Å²) in [5.41, 5.74) is 15.5. The minimum absolute atomic E-state index is 0.938. The van der Waals surface area contributed by atoms with E-state index in [0.717, 1.165) is 47.6 Å². The Labute approximate surface area is 312 Å². The minimum atomic E-state index is 0.938. The molecule has 0 aliphatic heterocycles. The Morgan fingerprint density at radius 2 is 1.04 bits per heavy atom. The Kier molecular flexibility index (Phi) is 8.71. The van der Waals surface area contributed by atoms with E-state index in [0.29, 0.717) is 0 Å². The van der Waals surface area contributed by atoms with Crippen LogP contribution < -0.4 is 0 Å². The molecule has 0 bridgehead atoms. The van der Waals surface area contributed by atoms with E-state index in [2.05, 4.69) is 200 Å². The van der Waals surface area contributed by atoms with Gasteiger partial charge in [0, 0.05) is 17.4 Å². The summed E-state index contributed by atoms with van der Waals surface area (Å²) in [7, 11) is 0. The highest BCUT2D eigenvalue weighted by Crippen LogP contribution is 2.50. The van der Waals surface area contributed by atoms with Crippen molar-refractivity contribution < 1.29 is 0 Å². The summed E-state index contributed by atoms with van der Waals surface area (Å²) in [6.07, 6.45) is 12.6. The molecule has 0 atom stereocenters. The Hall–Kier alpha value is -6.51. The number of rotatable bonds is 7.